The average Bonchev–Trinajstić information content (AvgIpc) is 2.57. The van der Waals surface area contributed by atoms with E-state index in [2.05, 4.69) is 26.9 Å². The van der Waals surface area contributed by atoms with Gasteiger partial charge in [-0.1, -0.05) is 6.07 Å². The van der Waals surface area contributed by atoms with E-state index in [0.29, 0.717) is 17.3 Å². The van der Waals surface area contributed by atoms with Crippen molar-refractivity contribution >= 4 is 17.4 Å². The van der Waals surface area contributed by atoms with Crippen LogP contribution in [-0.2, 0) is 0 Å². The number of aryl methyl sites for hydroxylation is 3. The maximum Gasteiger partial charge on any atom is 0.323 e. The van der Waals surface area contributed by atoms with Crippen LogP contribution in [0, 0.1) is 20.8 Å². The van der Waals surface area contributed by atoms with E-state index in [1.165, 1.54) is 0 Å². The standard InChI is InChI=1S/C20H20N4O2/c1-13-10-14(2)12-17(11-13)22-20(25)21-16-5-7-18(8-6-16)26-19-9-4-15(3)23-24-19/h4-12H,1-3H3,(H2,21,22,25). The molecule has 1 aromatic heterocycles. The van der Waals surface area contributed by atoms with Crippen molar-refractivity contribution in [3.63, 3.8) is 0 Å². The molecule has 3 aromatic rings. The molecule has 26 heavy (non-hydrogen) atoms. The zero-order valence-electron chi connectivity index (χ0n) is 14.9. The van der Waals surface area contributed by atoms with E-state index in [4.69, 9.17) is 4.74 Å². The molecule has 2 aromatic carbocycles. The summed E-state index contributed by atoms with van der Waals surface area (Å²) in [5.41, 5.74) is 4.45. The summed E-state index contributed by atoms with van der Waals surface area (Å²) >= 11 is 0. The lowest BCUT2D eigenvalue weighted by Gasteiger charge is -2.10. The third-order valence-electron chi connectivity index (χ3n) is 3.59. The molecule has 0 aliphatic heterocycles. The van der Waals surface area contributed by atoms with Crippen molar-refractivity contribution < 1.29 is 9.53 Å². The number of anilines is 2. The average molecular weight is 348 g/mol. The van der Waals surface area contributed by atoms with Gasteiger partial charge in [-0.2, -0.15) is 5.10 Å². The lowest BCUT2D eigenvalue weighted by Crippen LogP contribution is -2.19. The predicted octanol–water partition coefficient (Wildman–Crippen LogP) is 4.84. The van der Waals surface area contributed by atoms with Crippen LogP contribution in [0.25, 0.3) is 0 Å². The highest BCUT2D eigenvalue weighted by atomic mass is 16.5. The molecule has 2 amide bonds. The smallest absolute Gasteiger partial charge is 0.323 e. The lowest BCUT2D eigenvalue weighted by atomic mass is 10.1. The molecule has 1 heterocycles. The van der Waals surface area contributed by atoms with Crippen LogP contribution >= 0.6 is 0 Å². The minimum atomic E-state index is -0.298. The van der Waals surface area contributed by atoms with Gasteiger partial charge in [0.2, 0.25) is 5.88 Å². The third-order valence-corrected chi connectivity index (χ3v) is 3.59. The fourth-order valence-corrected chi connectivity index (χ4v) is 2.51. The van der Waals surface area contributed by atoms with Crippen molar-refractivity contribution in [3.8, 4) is 11.6 Å². The Bertz CT molecular complexity index is 886. The van der Waals surface area contributed by atoms with Crippen LogP contribution in [0.2, 0.25) is 0 Å². The van der Waals surface area contributed by atoms with Gasteiger partial charge in [-0.25, -0.2) is 4.79 Å². The molecule has 6 heteroatoms. The fraction of sp³-hybridized carbons (Fsp3) is 0.150. The molecule has 0 unspecified atom stereocenters. The van der Waals surface area contributed by atoms with Crippen molar-refractivity contribution in [1.29, 1.82) is 0 Å². The second-order valence-electron chi connectivity index (χ2n) is 6.09. The maximum absolute atomic E-state index is 12.1. The molecule has 132 valence electrons. The monoisotopic (exact) mass is 348 g/mol. The number of hydrogen-bond donors (Lipinski definition) is 2. The Morgan fingerprint density at radius 1 is 0.808 bits per heavy atom. The van der Waals surface area contributed by atoms with Crippen molar-refractivity contribution in [1.82, 2.24) is 10.2 Å². The van der Waals surface area contributed by atoms with Gasteiger partial charge in [-0.05, 0) is 74.4 Å². The Hall–Kier alpha value is -3.41. The van der Waals surface area contributed by atoms with E-state index >= 15 is 0 Å². The van der Waals surface area contributed by atoms with Gasteiger partial charge in [0.15, 0.2) is 0 Å². The van der Waals surface area contributed by atoms with Gasteiger partial charge in [0.05, 0.1) is 5.69 Å². The summed E-state index contributed by atoms with van der Waals surface area (Å²) in [5.74, 6) is 1.03. The summed E-state index contributed by atoms with van der Waals surface area (Å²) in [6.45, 7) is 5.85. The van der Waals surface area contributed by atoms with Crippen molar-refractivity contribution in [2.24, 2.45) is 0 Å². The first-order valence-corrected chi connectivity index (χ1v) is 8.22. The van der Waals surface area contributed by atoms with E-state index in [1.807, 2.05) is 39.0 Å². The molecule has 6 nitrogen and oxygen atoms in total. The van der Waals surface area contributed by atoms with E-state index < -0.39 is 0 Å². The van der Waals surface area contributed by atoms with Crippen LogP contribution < -0.4 is 15.4 Å². The highest BCUT2D eigenvalue weighted by Crippen LogP contribution is 2.21. The topological polar surface area (TPSA) is 76.1 Å². The molecule has 0 spiro atoms. The van der Waals surface area contributed by atoms with Gasteiger partial charge in [-0.3, -0.25) is 0 Å². The highest BCUT2D eigenvalue weighted by molar-refractivity contribution is 5.99. The molecule has 0 bridgehead atoms. The molecule has 0 radical (unpaired) electrons. The number of benzene rings is 2. The largest absolute Gasteiger partial charge is 0.438 e. The molecular weight excluding hydrogens is 328 g/mol. The molecule has 3 rings (SSSR count). The molecular formula is C20H20N4O2. The normalized spacial score (nSPS) is 10.3. The summed E-state index contributed by atoms with van der Waals surface area (Å²) in [5, 5.41) is 13.5. The van der Waals surface area contributed by atoms with E-state index in [0.717, 1.165) is 22.5 Å². The number of carbonyl (C=O) groups is 1. The van der Waals surface area contributed by atoms with Crippen molar-refractivity contribution in [3.05, 3.63) is 71.4 Å². The zero-order chi connectivity index (χ0) is 18.5. The Morgan fingerprint density at radius 2 is 1.46 bits per heavy atom. The fourth-order valence-electron chi connectivity index (χ4n) is 2.51. The van der Waals surface area contributed by atoms with E-state index in [-0.39, 0.29) is 6.03 Å². The van der Waals surface area contributed by atoms with Crippen LogP contribution in [0.1, 0.15) is 16.8 Å². The summed E-state index contributed by atoms with van der Waals surface area (Å²) in [6, 6.07) is 16.2. The molecule has 0 fully saturated rings. The number of ether oxygens (including phenoxy) is 1. The Balaban J connectivity index is 1.59. The Labute approximate surface area is 152 Å². The summed E-state index contributed by atoms with van der Waals surface area (Å²) in [7, 11) is 0. The van der Waals surface area contributed by atoms with Gasteiger partial charge >= 0.3 is 6.03 Å². The zero-order valence-corrected chi connectivity index (χ0v) is 14.9. The van der Waals surface area contributed by atoms with Crippen LogP contribution in [0.15, 0.2) is 54.6 Å². The van der Waals surface area contributed by atoms with Gasteiger partial charge in [0, 0.05) is 17.4 Å². The number of nitrogens with zero attached hydrogens (tertiary/aromatic N) is 2. The van der Waals surface area contributed by atoms with Gasteiger partial charge < -0.3 is 15.4 Å². The maximum atomic E-state index is 12.1. The first kappa shape index (κ1) is 17.4. The lowest BCUT2D eigenvalue weighted by molar-refractivity contribution is 0.262. The summed E-state index contributed by atoms with van der Waals surface area (Å²) < 4.78 is 5.61. The summed E-state index contributed by atoms with van der Waals surface area (Å²) in [4.78, 5) is 12.1. The molecule has 0 saturated carbocycles. The number of amides is 2. The van der Waals surface area contributed by atoms with Crippen LogP contribution in [0.3, 0.4) is 0 Å². The number of aromatic nitrogens is 2. The second-order valence-corrected chi connectivity index (χ2v) is 6.09. The molecule has 2 N–H and O–H groups in total. The minimum Gasteiger partial charge on any atom is -0.438 e. The van der Waals surface area contributed by atoms with Gasteiger partial charge in [-0.15, -0.1) is 5.10 Å². The first-order valence-electron chi connectivity index (χ1n) is 8.22. The minimum absolute atomic E-state index is 0.298. The Kier molecular flexibility index (Phi) is 5.12. The van der Waals surface area contributed by atoms with Gasteiger partial charge in [0.25, 0.3) is 0 Å². The number of nitrogens with one attached hydrogen (secondary N) is 2. The molecule has 0 aliphatic carbocycles. The predicted molar refractivity (Wildman–Crippen MR) is 102 cm³/mol. The van der Waals surface area contributed by atoms with Crippen LogP contribution in [0.4, 0.5) is 16.2 Å². The number of hydrogen-bond acceptors (Lipinski definition) is 4. The van der Waals surface area contributed by atoms with Crippen LogP contribution in [-0.4, -0.2) is 16.2 Å². The second kappa shape index (κ2) is 7.65. The van der Waals surface area contributed by atoms with Crippen molar-refractivity contribution in [2.45, 2.75) is 20.8 Å². The van der Waals surface area contributed by atoms with Crippen molar-refractivity contribution in [2.75, 3.05) is 10.6 Å². The van der Waals surface area contributed by atoms with Gasteiger partial charge in [0.1, 0.15) is 5.75 Å². The van der Waals surface area contributed by atoms with E-state index in [9.17, 15) is 4.79 Å². The highest BCUT2D eigenvalue weighted by Gasteiger charge is 2.05. The number of carbonyl (C=O) groups excluding carboxylic acids is 1. The third kappa shape index (κ3) is 4.80. The number of rotatable bonds is 4. The first-order chi connectivity index (χ1) is 12.5. The molecule has 0 saturated heterocycles. The van der Waals surface area contributed by atoms with Crippen LogP contribution in [0.5, 0.6) is 11.6 Å². The SMILES string of the molecule is Cc1cc(C)cc(NC(=O)Nc2ccc(Oc3ccc(C)nn3)cc2)c1. The number of urea groups is 1. The molecule has 0 atom stereocenters. The summed E-state index contributed by atoms with van der Waals surface area (Å²) in [6.07, 6.45) is 0. The molecule has 0 aliphatic rings. The Morgan fingerprint density at radius 3 is 2.08 bits per heavy atom. The quantitative estimate of drug-likeness (QED) is 0.707. The van der Waals surface area contributed by atoms with E-state index in [1.54, 1.807) is 30.3 Å².